The highest BCUT2D eigenvalue weighted by Gasteiger charge is 2.52. The minimum atomic E-state index is -1.25. The van der Waals surface area contributed by atoms with Crippen molar-refractivity contribution in [2.45, 2.75) is 58.5 Å². The van der Waals surface area contributed by atoms with E-state index in [0.717, 1.165) is 5.47 Å². The van der Waals surface area contributed by atoms with Crippen LogP contribution < -0.4 is 5.19 Å². The Bertz CT molecular complexity index is 572. The van der Waals surface area contributed by atoms with Crippen LogP contribution in [0.25, 0.3) is 6.08 Å². The summed E-state index contributed by atoms with van der Waals surface area (Å²) >= 11 is 4.48. The highest BCUT2D eigenvalue weighted by atomic mass is 32.1. The summed E-state index contributed by atoms with van der Waals surface area (Å²) in [6, 6.07) is 8.86. The lowest BCUT2D eigenvalue weighted by atomic mass is 9.78. The fourth-order valence-corrected chi connectivity index (χ4v) is 3.88. The number of rotatable bonds is 4. The summed E-state index contributed by atoms with van der Waals surface area (Å²) in [5.41, 5.74) is 1.60. The Kier molecular flexibility index (Phi) is 5.27. The molecule has 2 rings (SSSR count). The van der Waals surface area contributed by atoms with Crippen LogP contribution in [0.3, 0.4) is 0 Å². The lowest BCUT2D eigenvalue weighted by molar-refractivity contribution is 0.00578. The molecule has 0 radical (unpaired) electrons. The van der Waals surface area contributed by atoms with Crippen molar-refractivity contribution in [1.82, 2.24) is 0 Å². The van der Waals surface area contributed by atoms with Gasteiger partial charge in [-0.3, -0.25) is 0 Å². The molecular formula is C18H29BO2SSi. The van der Waals surface area contributed by atoms with Crippen LogP contribution >= 0.6 is 12.6 Å². The summed E-state index contributed by atoms with van der Waals surface area (Å²) in [4.78, 5) is 0. The molecular weight excluding hydrogens is 319 g/mol. The predicted molar refractivity (Wildman–Crippen MR) is 107 cm³/mol. The van der Waals surface area contributed by atoms with Gasteiger partial charge in [-0.05, 0) is 38.7 Å². The fourth-order valence-electron chi connectivity index (χ4n) is 2.48. The van der Waals surface area contributed by atoms with Gasteiger partial charge in [0.15, 0.2) is 0 Å². The molecule has 1 aromatic carbocycles. The Morgan fingerprint density at radius 3 is 1.91 bits per heavy atom. The van der Waals surface area contributed by atoms with Gasteiger partial charge in [-0.15, -0.1) is 0 Å². The van der Waals surface area contributed by atoms with Crippen LogP contribution in [-0.4, -0.2) is 32.1 Å². The van der Waals surface area contributed by atoms with E-state index in [1.807, 2.05) is 0 Å². The maximum absolute atomic E-state index is 6.13. The van der Waals surface area contributed by atoms with Crippen molar-refractivity contribution in [3.63, 3.8) is 0 Å². The van der Waals surface area contributed by atoms with Crippen LogP contribution in [0.15, 0.2) is 29.7 Å². The summed E-state index contributed by atoms with van der Waals surface area (Å²) in [6.07, 6.45) is 2.14. The van der Waals surface area contributed by atoms with Gasteiger partial charge in [0.2, 0.25) is 0 Å². The molecule has 2 nitrogen and oxygen atoms in total. The van der Waals surface area contributed by atoms with Crippen molar-refractivity contribution < 1.29 is 9.31 Å². The third kappa shape index (κ3) is 4.13. The third-order valence-corrected chi connectivity index (χ3v) is 7.30. The topological polar surface area (TPSA) is 18.5 Å². The van der Waals surface area contributed by atoms with Crippen molar-refractivity contribution in [1.29, 1.82) is 0 Å². The van der Waals surface area contributed by atoms with Gasteiger partial charge in [-0.25, -0.2) is 0 Å². The van der Waals surface area contributed by atoms with Gasteiger partial charge in [0.1, 0.15) is 0 Å². The average Bonchev–Trinajstić information content (AvgIpc) is 2.64. The summed E-state index contributed by atoms with van der Waals surface area (Å²) in [5, 5.41) is 1.47. The molecule has 0 bridgehead atoms. The average molecular weight is 348 g/mol. The Labute approximate surface area is 148 Å². The lowest BCUT2D eigenvalue weighted by Gasteiger charge is -2.32. The van der Waals surface area contributed by atoms with Crippen LogP contribution in [0, 0.1) is 0 Å². The minimum absolute atomic E-state index is 0.318. The van der Waals surface area contributed by atoms with Gasteiger partial charge < -0.3 is 9.31 Å². The zero-order valence-corrected chi connectivity index (χ0v) is 17.3. The monoisotopic (exact) mass is 348 g/mol. The number of hydrogen-bond donors (Lipinski definition) is 1. The molecule has 1 aliphatic rings. The van der Waals surface area contributed by atoms with Crippen molar-refractivity contribution in [3.8, 4) is 0 Å². The van der Waals surface area contributed by atoms with Gasteiger partial charge in [-0.1, -0.05) is 55.2 Å². The van der Waals surface area contributed by atoms with Crippen LogP contribution in [-0.2, 0) is 9.31 Å². The zero-order chi connectivity index (χ0) is 17.5. The second kappa shape index (κ2) is 6.43. The van der Waals surface area contributed by atoms with Crippen LogP contribution in [0.4, 0.5) is 0 Å². The second-order valence-electron chi connectivity index (χ2n) is 8.34. The van der Waals surface area contributed by atoms with E-state index in [-0.39, 0.29) is 18.3 Å². The minimum Gasteiger partial charge on any atom is -0.400 e. The van der Waals surface area contributed by atoms with E-state index >= 15 is 0 Å². The lowest BCUT2D eigenvalue weighted by Crippen LogP contribution is -2.41. The molecule has 0 unspecified atom stereocenters. The number of hydrogen-bond acceptors (Lipinski definition) is 3. The summed E-state index contributed by atoms with van der Waals surface area (Å²) in [5.74, 6) is 0.618. The molecule has 126 valence electrons. The molecule has 1 fully saturated rings. The summed E-state index contributed by atoms with van der Waals surface area (Å²) in [7, 11) is -1.58. The van der Waals surface area contributed by atoms with Gasteiger partial charge in [0.05, 0.1) is 19.3 Å². The van der Waals surface area contributed by atoms with E-state index in [9.17, 15) is 0 Å². The first-order valence-electron chi connectivity index (χ1n) is 8.24. The maximum Gasteiger partial charge on any atom is 0.491 e. The molecule has 0 amide bonds. The fraction of sp³-hybridized carbons (Fsp3) is 0.556. The van der Waals surface area contributed by atoms with Crippen LogP contribution in [0.2, 0.25) is 19.6 Å². The molecule has 5 heteroatoms. The van der Waals surface area contributed by atoms with E-state index in [1.54, 1.807) is 0 Å². The standard InChI is InChI=1S/C18H29BO2SSi/c1-17(2)18(3,4)21-19(20-17)15(13-22)12-14-8-10-16(11-9-14)23(5,6)7/h8-12,22H,13H2,1-7H3. The molecule has 0 N–H and O–H groups in total. The smallest absolute Gasteiger partial charge is 0.400 e. The van der Waals surface area contributed by atoms with Crippen molar-refractivity contribution in [2.24, 2.45) is 0 Å². The molecule has 1 heterocycles. The molecule has 1 aliphatic heterocycles. The van der Waals surface area contributed by atoms with E-state index in [2.05, 4.69) is 90.3 Å². The number of thiol groups is 1. The van der Waals surface area contributed by atoms with Crippen molar-refractivity contribution in [2.75, 3.05) is 5.75 Å². The Morgan fingerprint density at radius 2 is 1.52 bits per heavy atom. The van der Waals surface area contributed by atoms with Gasteiger partial charge in [0.25, 0.3) is 0 Å². The Hall–Kier alpha value is -0.488. The van der Waals surface area contributed by atoms with Gasteiger partial charge in [0, 0.05) is 5.75 Å². The quantitative estimate of drug-likeness (QED) is 0.650. The SMILES string of the molecule is CC1(C)OB(C(=Cc2ccc([Si](C)(C)C)cc2)CS)OC1(C)C. The predicted octanol–water partition coefficient (Wildman–Crippen LogP) is 4.18. The molecule has 0 saturated carbocycles. The van der Waals surface area contributed by atoms with E-state index < -0.39 is 8.07 Å². The molecule has 23 heavy (non-hydrogen) atoms. The molecule has 1 aromatic rings. The van der Waals surface area contributed by atoms with Crippen molar-refractivity contribution in [3.05, 3.63) is 35.3 Å². The van der Waals surface area contributed by atoms with E-state index in [4.69, 9.17) is 9.31 Å². The first-order valence-corrected chi connectivity index (χ1v) is 12.4. The highest BCUT2D eigenvalue weighted by Crippen LogP contribution is 2.38. The third-order valence-electron chi connectivity index (χ3n) is 4.87. The van der Waals surface area contributed by atoms with E-state index in [1.165, 1.54) is 10.8 Å². The molecule has 0 spiro atoms. The molecule has 0 aromatic heterocycles. The number of benzene rings is 1. The zero-order valence-electron chi connectivity index (χ0n) is 15.4. The molecule has 0 aliphatic carbocycles. The largest absolute Gasteiger partial charge is 0.491 e. The maximum atomic E-state index is 6.13. The Balaban J connectivity index is 2.23. The normalized spacial score (nSPS) is 20.9. The van der Waals surface area contributed by atoms with Crippen molar-refractivity contribution >= 4 is 39.1 Å². The first kappa shape index (κ1) is 18.8. The molecule has 0 atom stereocenters. The highest BCUT2D eigenvalue weighted by molar-refractivity contribution is 7.80. The van der Waals surface area contributed by atoms with Gasteiger partial charge in [-0.2, -0.15) is 12.6 Å². The second-order valence-corrected chi connectivity index (χ2v) is 13.7. The van der Waals surface area contributed by atoms with Crippen LogP contribution in [0.1, 0.15) is 33.3 Å². The van der Waals surface area contributed by atoms with Crippen LogP contribution in [0.5, 0.6) is 0 Å². The molecule has 1 saturated heterocycles. The van der Waals surface area contributed by atoms with E-state index in [0.29, 0.717) is 5.75 Å². The summed E-state index contributed by atoms with van der Waals surface area (Å²) < 4.78 is 12.3. The first-order chi connectivity index (χ1) is 10.5. The summed E-state index contributed by atoms with van der Waals surface area (Å²) in [6.45, 7) is 15.4. The Morgan fingerprint density at radius 1 is 1.04 bits per heavy atom. The van der Waals surface area contributed by atoms with Gasteiger partial charge >= 0.3 is 7.12 Å².